The van der Waals surface area contributed by atoms with Gasteiger partial charge in [0.25, 0.3) is 0 Å². The number of likely N-dealkylation sites (tertiary alicyclic amines) is 1. The van der Waals surface area contributed by atoms with Gasteiger partial charge in [-0.3, -0.25) is 0 Å². The molecular weight excluding hydrogens is 508 g/mol. The van der Waals surface area contributed by atoms with Gasteiger partial charge in [-0.25, -0.2) is 0 Å². The zero-order chi connectivity index (χ0) is 27.9. The predicted molar refractivity (Wildman–Crippen MR) is 176 cm³/mol. The number of nitrogens with zero attached hydrogens (tertiary/aromatic N) is 1. The molecule has 0 aromatic carbocycles. The summed E-state index contributed by atoms with van der Waals surface area (Å²) in [6.45, 7) is 0. The van der Waals surface area contributed by atoms with Crippen LogP contribution in [0.25, 0.3) is 0 Å². The molecule has 1 aliphatic heterocycles. The fourth-order valence-electron chi connectivity index (χ4n) is 9.27. The molecule has 5 atom stereocenters. The van der Waals surface area contributed by atoms with Crippen molar-refractivity contribution >= 4 is 0 Å². The number of fused-ring (bicyclic) bond motifs is 4. The molecule has 7 aliphatic carbocycles. The van der Waals surface area contributed by atoms with Crippen LogP contribution < -0.4 is 5.32 Å². The van der Waals surface area contributed by atoms with Crippen LogP contribution in [0.3, 0.4) is 0 Å². The number of nitrogens with one attached hydrogen (secondary N) is 1. The summed E-state index contributed by atoms with van der Waals surface area (Å²) >= 11 is 0. The van der Waals surface area contributed by atoms with E-state index >= 15 is 0 Å². The third-order valence-corrected chi connectivity index (χ3v) is 11.3. The molecule has 1 fully saturated rings. The highest BCUT2D eigenvalue weighted by molar-refractivity contribution is 5.59. The van der Waals surface area contributed by atoms with Crippen molar-refractivity contribution in [3.8, 4) is 0 Å². The average Bonchev–Trinajstić information content (AvgIpc) is 3.41. The van der Waals surface area contributed by atoms with Crippen LogP contribution >= 0.6 is 0 Å². The van der Waals surface area contributed by atoms with Crippen LogP contribution in [0.4, 0.5) is 0 Å². The lowest BCUT2D eigenvalue weighted by molar-refractivity contribution is 0.245. The van der Waals surface area contributed by atoms with E-state index in [9.17, 15) is 0 Å². The summed E-state index contributed by atoms with van der Waals surface area (Å²) in [4.78, 5) is 2.83. The van der Waals surface area contributed by atoms with Gasteiger partial charge in [0.15, 0.2) is 0 Å². The second-order valence-corrected chi connectivity index (χ2v) is 13.8. The summed E-state index contributed by atoms with van der Waals surface area (Å²) in [7, 11) is 0. The standard InChI is InChI=1S/C40H48N2/c1-2-10-28(11-3-1)29-20-24-32(25-21-29)41-37-17-9-19-39-40(37)36-15-6-7-18-38(36)42(39)33-26-22-31(23-27-33)35-16-8-13-30-12-4-5-14-34(30)35/h4,10,12,15-16,18,20-24,26,30,32-34,39,41H,1-3,5-9,11,13-14,17,19,25,27H2. The van der Waals surface area contributed by atoms with E-state index in [4.69, 9.17) is 0 Å². The smallest absolute Gasteiger partial charge is 0.0572 e. The van der Waals surface area contributed by atoms with Crippen LogP contribution in [-0.4, -0.2) is 23.0 Å². The maximum absolute atomic E-state index is 4.08. The fraction of sp³-hybridized carbons (Fsp3) is 0.500. The van der Waals surface area contributed by atoms with Gasteiger partial charge >= 0.3 is 0 Å². The van der Waals surface area contributed by atoms with Crippen molar-refractivity contribution in [2.45, 2.75) is 114 Å². The van der Waals surface area contributed by atoms with E-state index in [2.05, 4.69) is 83.1 Å². The largest absolute Gasteiger partial charge is 0.382 e. The van der Waals surface area contributed by atoms with E-state index in [-0.39, 0.29) is 0 Å². The van der Waals surface area contributed by atoms with Crippen LogP contribution in [0.5, 0.6) is 0 Å². The molecule has 0 saturated carbocycles. The third kappa shape index (κ3) is 4.89. The Balaban J connectivity index is 1.02. The molecule has 0 radical (unpaired) electrons. The molecule has 2 heteroatoms. The van der Waals surface area contributed by atoms with Gasteiger partial charge in [0, 0.05) is 28.6 Å². The molecule has 5 unspecified atom stereocenters. The van der Waals surface area contributed by atoms with Crippen LogP contribution in [0.15, 0.2) is 118 Å². The molecule has 42 heavy (non-hydrogen) atoms. The van der Waals surface area contributed by atoms with Crippen LogP contribution in [-0.2, 0) is 0 Å². The minimum atomic E-state index is 0.409. The molecule has 8 aliphatic rings. The molecule has 0 amide bonds. The van der Waals surface area contributed by atoms with Crippen molar-refractivity contribution in [2.24, 2.45) is 11.8 Å². The SMILES string of the molecule is C1=CC2CCC=C(C3=CCC(N4C5=CCCC=C5C5=C(NC6C=CC(C7=CCCCC7)=CC6)CCCC54)C=C3)C2CC1. The lowest BCUT2D eigenvalue weighted by atomic mass is 9.70. The topological polar surface area (TPSA) is 15.3 Å². The van der Waals surface area contributed by atoms with Gasteiger partial charge in [-0.2, -0.15) is 0 Å². The monoisotopic (exact) mass is 556 g/mol. The number of hydrogen-bond acceptors (Lipinski definition) is 2. The Labute approximate surface area is 253 Å². The number of hydrogen-bond donors (Lipinski definition) is 1. The number of allylic oxidation sites excluding steroid dienone is 14. The highest BCUT2D eigenvalue weighted by Gasteiger charge is 2.43. The van der Waals surface area contributed by atoms with E-state index in [1.165, 1.54) is 106 Å². The molecule has 1 N–H and O–H groups in total. The first-order chi connectivity index (χ1) is 20.8. The van der Waals surface area contributed by atoms with Crippen molar-refractivity contribution < 1.29 is 0 Å². The normalized spacial score (nSPS) is 33.9. The van der Waals surface area contributed by atoms with Crippen LogP contribution in [0.2, 0.25) is 0 Å². The molecule has 2 nitrogen and oxygen atoms in total. The van der Waals surface area contributed by atoms with Crippen molar-refractivity contribution in [3.05, 3.63) is 118 Å². The molecule has 8 rings (SSSR count). The second kappa shape index (κ2) is 11.6. The Morgan fingerprint density at radius 1 is 0.690 bits per heavy atom. The van der Waals surface area contributed by atoms with Crippen molar-refractivity contribution in [3.63, 3.8) is 0 Å². The first kappa shape index (κ1) is 26.6. The predicted octanol–water partition coefficient (Wildman–Crippen LogP) is 9.62. The minimum Gasteiger partial charge on any atom is -0.382 e. The van der Waals surface area contributed by atoms with Gasteiger partial charge in [0.2, 0.25) is 0 Å². The fourth-order valence-corrected chi connectivity index (χ4v) is 9.27. The first-order valence-electron chi connectivity index (χ1n) is 17.4. The van der Waals surface area contributed by atoms with Gasteiger partial charge < -0.3 is 10.2 Å². The molecule has 1 saturated heterocycles. The molecule has 0 aromatic heterocycles. The van der Waals surface area contributed by atoms with Gasteiger partial charge in [-0.05, 0) is 130 Å². The van der Waals surface area contributed by atoms with Crippen molar-refractivity contribution in [1.82, 2.24) is 10.2 Å². The van der Waals surface area contributed by atoms with Crippen molar-refractivity contribution in [2.75, 3.05) is 0 Å². The number of rotatable bonds is 5. The summed E-state index contributed by atoms with van der Waals surface area (Å²) in [5.74, 6) is 1.50. The first-order valence-corrected chi connectivity index (χ1v) is 17.4. The highest BCUT2D eigenvalue weighted by atomic mass is 15.2. The summed E-state index contributed by atoms with van der Waals surface area (Å²) < 4.78 is 0. The zero-order valence-electron chi connectivity index (χ0n) is 25.4. The summed E-state index contributed by atoms with van der Waals surface area (Å²) in [5, 5.41) is 4.08. The van der Waals surface area contributed by atoms with E-state index in [1.807, 2.05) is 0 Å². The average molecular weight is 557 g/mol. The lowest BCUT2D eigenvalue weighted by Gasteiger charge is -2.39. The second-order valence-electron chi connectivity index (χ2n) is 13.8. The third-order valence-electron chi connectivity index (χ3n) is 11.3. The Morgan fingerprint density at radius 3 is 2.48 bits per heavy atom. The Morgan fingerprint density at radius 2 is 1.62 bits per heavy atom. The van der Waals surface area contributed by atoms with Crippen molar-refractivity contribution in [1.29, 1.82) is 0 Å². The van der Waals surface area contributed by atoms with Gasteiger partial charge in [0.05, 0.1) is 12.1 Å². The van der Waals surface area contributed by atoms with Gasteiger partial charge in [-0.15, -0.1) is 0 Å². The Hall–Kier alpha value is -3.00. The maximum Gasteiger partial charge on any atom is 0.0572 e. The maximum atomic E-state index is 4.08. The molecule has 218 valence electrons. The lowest BCUT2D eigenvalue weighted by Crippen LogP contribution is -2.40. The highest BCUT2D eigenvalue weighted by Crippen LogP contribution is 2.49. The van der Waals surface area contributed by atoms with E-state index in [0.29, 0.717) is 18.1 Å². The van der Waals surface area contributed by atoms with Gasteiger partial charge in [0.1, 0.15) is 0 Å². The van der Waals surface area contributed by atoms with Crippen LogP contribution in [0.1, 0.15) is 96.3 Å². The van der Waals surface area contributed by atoms with E-state index in [1.54, 1.807) is 22.3 Å². The zero-order valence-corrected chi connectivity index (χ0v) is 25.4. The molecule has 0 bridgehead atoms. The van der Waals surface area contributed by atoms with E-state index in [0.717, 1.165) is 24.7 Å². The molecule has 0 spiro atoms. The van der Waals surface area contributed by atoms with E-state index < -0.39 is 0 Å². The quantitative estimate of drug-likeness (QED) is 0.339. The minimum absolute atomic E-state index is 0.409. The summed E-state index contributed by atoms with van der Waals surface area (Å²) in [6, 6.07) is 1.37. The summed E-state index contributed by atoms with van der Waals surface area (Å²) in [5.41, 5.74) is 12.4. The molecule has 0 aromatic rings. The molecular formula is C40H48N2. The van der Waals surface area contributed by atoms with Crippen LogP contribution in [0, 0.1) is 11.8 Å². The molecule has 1 heterocycles. The Kier molecular flexibility index (Phi) is 7.34. The van der Waals surface area contributed by atoms with Gasteiger partial charge in [-0.1, -0.05) is 72.9 Å². The summed E-state index contributed by atoms with van der Waals surface area (Å²) in [6.07, 6.45) is 48.8. The Bertz CT molecular complexity index is 1410.